The normalized spacial score (nSPS) is 15.7. The zero-order valence-corrected chi connectivity index (χ0v) is 12.3. The summed E-state index contributed by atoms with van der Waals surface area (Å²) in [6, 6.07) is 3.94. The van der Waals surface area contributed by atoms with Crippen molar-refractivity contribution in [3.8, 4) is 0 Å². The van der Waals surface area contributed by atoms with E-state index in [0.717, 1.165) is 17.7 Å². The van der Waals surface area contributed by atoms with E-state index in [1.165, 1.54) is 16.7 Å². The van der Waals surface area contributed by atoms with Gasteiger partial charge in [-0.25, -0.2) is 18.4 Å². The summed E-state index contributed by atoms with van der Waals surface area (Å²) in [6.07, 6.45) is 4.34. The largest absolute Gasteiger partial charge is 0.368 e. The van der Waals surface area contributed by atoms with Crippen LogP contribution in [0, 0.1) is 0 Å². The monoisotopic (exact) mass is 310 g/mol. The first-order valence-electron chi connectivity index (χ1n) is 6.19. The fraction of sp³-hybridized carbons (Fsp3) is 0.333. The van der Waals surface area contributed by atoms with Crippen LogP contribution in [0.15, 0.2) is 34.8 Å². The van der Waals surface area contributed by atoms with Crippen LogP contribution >= 0.6 is 11.3 Å². The summed E-state index contributed by atoms with van der Waals surface area (Å²) in [6.45, 7) is 0.398. The highest BCUT2D eigenvalue weighted by Crippen LogP contribution is 2.33. The van der Waals surface area contributed by atoms with Crippen molar-refractivity contribution in [3.63, 3.8) is 0 Å². The Morgan fingerprint density at radius 3 is 2.60 bits per heavy atom. The van der Waals surface area contributed by atoms with Crippen molar-refractivity contribution < 1.29 is 8.42 Å². The SMILES string of the molecule is Nc1ncc(S(=O)(=O)N(Cc2cccs2)C2CC2)cn1. The van der Waals surface area contributed by atoms with Crippen molar-refractivity contribution in [2.75, 3.05) is 5.73 Å². The first-order chi connectivity index (χ1) is 9.57. The van der Waals surface area contributed by atoms with E-state index in [-0.39, 0.29) is 16.9 Å². The number of nitrogen functional groups attached to an aromatic ring is 1. The summed E-state index contributed by atoms with van der Waals surface area (Å²) >= 11 is 1.55. The first-order valence-corrected chi connectivity index (χ1v) is 8.51. The maximum absolute atomic E-state index is 12.7. The van der Waals surface area contributed by atoms with Gasteiger partial charge in [0, 0.05) is 17.5 Å². The Bertz CT molecular complexity index is 679. The van der Waals surface area contributed by atoms with Crippen LogP contribution in [0.5, 0.6) is 0 Å². The average Bonchev–Trinajstić information content (AvgIpc) is 3.12. The third-order valence-electron chi connectivity index (χ3n) is 3.10. The van der Waals surface area contributed by atoms with Gasteiger partial charge in [-0.3, -0.25) is 0 Å². The molecule has 0 aromatic carbocycles. The van der Waals surface area contributed by atoms with E-state index < -0.39 is 10.0 Å². The molecule has 0 amide bonds. The fourth-order valence-electron chi connectivity index (χ4n) is 1.92. The van der Waals surface area contributed by atoms with Crippen LogP contribution in [0.3, 0.4) is 0 Å². The molecule has 0 unspecified atom stereocenters. The van der Waals surface area contributed by atoms with Gasteiger partial charge in [0.1, 0.15) is 4.90 Å². The van der Waals surface area contributed by atoms with Gasteiger partial charge in [-0.2, -0.15) is 4.31 Å². The number of rotatable bonds is 5. The van der Waals surface area contributed by atoms with E-state index in [4.69, 9.17) is 5.73 Å². The second kappa shape index (κ2) is 5.12. The minimum absolute atomic E-state index is 0.0696. The molecule has 8 heteroatoms. The molecule has 1 fully saturated rings. The number of aromatic nitrogens is 2. The fourth-order valence-corrected chi connectivity index (χ4v) is 4.26. The van der Waals surface area contributed by atoms with Crippen molar-refractivity contribution in [3.05, 3.63) is 34.8 Å². The van der Waals surface area contributed by atoms with E-state index in [9.17, 15) is 8.42 Å². The van der Waals surface area contributed by atoms with Gasteiger partial charge in [-0.05, 0) is 24.3 Å². The Kier molecular flexibility index (Phi) is 3.45. The summed E-state index contributed by atoms with van der Waals surface area (Å²) in [5.74, 6) is 0.0696. The third kappa shape index (κ3) is 2.67. The molecule has 2 N–H and O–H groups in total. The van der Waals surface area contributed by atoms with Crippen LogP contribution in [0.25, 0.3) is 0 Å². The van der Waals surface area contributed by atoms with Crippen molar-refractivity contribution in [1.82, 2.24) is 14.3 Å². The average molecular weight is 310 g/mol. The molecule has 0 aliphatic heterocycles. The molecule has 2 heterocycles. The summed E-state index contributed by atoms with van der Waals surface area (Å²) in [5, 5.41) is 1.94. The molecular weight excluding hydrogens is 296 g/mol. The zero-order chi connectivity index (χ0) is 14.2. The lowest BCUT2D eigenvalue weighted by atomic mass is 10.4. The number of thiophene rings is 1. The number of nitrogens with two attached hydrogens (primary N) is 1. The maximum Gasteiger partial charge on any atom is 0.246 e. The van der Waals surface area contributed by atoms with Crippen molar-refractivity contribution >= 4 is 27.3 Å². The van der Waals surface area contributed by atoms with E-state index in [1.807, 2.05) is 17.5 Å². The number of hydrogen-bond donors (Lipinski definition) is 1. The molecular formula is C12H14N4O2S2. The molecule has 0 radical (unpaired) electrons. The van der Waals surface area contributed by atoms with Crippen LogP contribution in [-0.4, -0.2) is 28.7 Å². The van der Waals surface area contributed by atoms with Gasteiger partial charge in [0.15, 0.2) is 0 Å². The lowest BCUT2D eigenvalue weighted by Gasteiger charge is -2.20. The number of anilines is 1. The minimum atomic E-state index is -3.57. The smallest absolute Gasteiger partial charge is 0.246 e. The van der Waals surface area contributed by atoms with Crippen molar-refractivity contribution in [1.29, 1.82) is 0 Å². The van der Waals surface area contributed by atoms with Gasteiger partial charge in [0.25, 0.3) is 0 Å². The Labute approximate surface area is 121 Å². The summed E-state index contributed by atoms with van der Waals surface area (Å²) in [5.41, 5.74) is 5.40. The van der Waals surface area contributed by atoms with Crippen molar-refractivity contribution in [2.24, 2.45) is 0 Å². The molecule has 0 spiro atoms. The van der Waals surface area contributed by atoms with Gasteiger partial charge in [-0.1, -0.05) is 6.07 Å². The highest BCUT2D eigenvalue weighted by molar-refractivity contribution is 7.89. The Hall–Kier alpha value is -1.51. The van der Waals surface area contributed by atoms with E-state index in [1.54, 1.807) is 11.3 Å². The molecule has 1 saturated carbocycles. The molecule has 0 saturated heterocycles. The molecule has 1 aliphatic rings. The predicted octanol–water partition coefficient (Wildman–Crippen LogP) is 1.47. The summed E-state index contributed by atoms with van der Waals surface area (Å²) < 4.78 is 26.9. The van der Waals surface area contributed by atoms with Crippen LogP contribution < -0.4 is 5.73 Å². The van der Waals surface area contributed by atoms with E-state index >= 15 is 0 Å². The van der Waals surface area contributed by atoms with Gasteiger partial charge in [0.2, 0.25) is 16.0 Å². The maximum atomic E-state index is 12.7. The number of sulfonamides is 1. The molecule has 0 atom stereocenters. The minimum Gasteiger partial charge on any atom is -0.368 e. The quantitative estimate of drug-likeness (QED) is 0.903. The van der Waals surface area contributed by atoms with Gasteiger partial charge < -0.3 is 5.73 Å². The summed E-state index contributed by atoms with van der Waals surface area (Å²) in [4.78, 5) is 8.65. The van der Waals surface area contributed by atoms with E-state index in [0.29, 0.717) is 6.54 Å². The molecule has 106 valence electrons. The molecule has 3 rings (SSSR count). The molecule has 0 bridgehead atoms. The van der Waals surface area contributed by atoms with Gasteiger partial charge >= 0.3 is 0 Å². The van der Waals surface area contributed by atoms with Crippen molar-refractivity contribution in [2.45, 2.75) is 30.3 Å². The van der Waals surface area contributed by atoms with Gasteiger partial charge in [0.05, 0.1) is 12.4 Å². The van der Waals surface area contributed by atoms with Crippen LogP contribution in [0.4, 0.5) is 5.95 Å². The molecule has 1 aliphatic carbocycles. The molecule has 2 aromatic rings. The first kappa shape index (κ1) is 13.5. The summed E-state index contributed by atoms with van der Waals surface area (Å²) in [7, 11) is -3.57. The topological polar surface area (TPSA) is 89.2 Å². The Morgan fingerprint density at radius 2 is 2.05 bits per heavy atom. The van der Waals surface area contributed by atoms with Gasteiger partial charge in [-0.15, -0.1) is 11.3 Å². The molecule has 2 aromatic heterocycles. The second-order valence-corrected chi connectivity index (χ2v) is 7.56. The third-order valence-corrected chi connectivity index (χ3v) is 5.81. The predicted molar refractivity (Wildman–Crippen MR) is 76.5 cm³/mol. The molecule has 20 heavy (non-hydrogen) atoms. The highest BCUT2D eigenvalue weighted by atomic mass is 32.2. The van der Waals surface area contributed by atoms with E-state index in [2.05, 4.69) is 9.97 Å². The molecule has 6 nitrogen and oxygen atoms in total. The lowest BCUT2D eigenvalue weighted by molar-refractivity contribution is 0.401. The highest BCUT2D eigenvalue weighted by Gasteiger charge is 2.38. The zero-order valence-electron chi connectivity index (χ0n) is 10.6. The second-order valence-electron chi connectivity index (χ2n) is 4.64. The number of hydrogen-bond acceptors (Lipinski definition) is 6. The van der Waals surface area contributed by atoms with Crippen LogP contribution in [0.1, 0.15) is 17.7 Å². The Morgan fingerprint density at radius 1 is 1.35 bits per heavy atom. The number of nitrogens with zero attached hydrogens (tertiary/aromatic N) is 3. The van der Waals surface area contributed by atoms with Crippen LogP contribution in [0.2, 0.25) is 0 Å². The van der Waals surface area contributed by atoms with Crippen LogP contribution in [-0.2, 0) is 16.6 Å². The Balaban J connectivity index is 1.91. The lowest BCUT2D eigenvalue weighted by Crippen LogP contribution is -2.32. The standard InChI is InChI=1S/C12H14N4O2S2/c13-12-14-6-11(7-15-12)20(17,18)16(9-3-4-9)8-10-2-1-5-19-10/h1-2,5-7,9H,3-4,8H2,(H2,13,14,15).